The predicted octanol–water partition coefficient (Wildman–Crippen LogP) is 2.31. The van der Waals surface area contributed by atoms with Gasteiger partial charge in [-0.25, -0.2) is 9.97 Å². The lowest BCUT2D eigenvalue weighted by atomic mass is 9.95. The second kappa shape index (κ2) is 5.96. The first kappa shape index (κ1) is 13.9. The van der Waals surface area contributed by atoms with E-state index in [0.717, 1.165) is 30.2 Å². The molecule has 0 fully saturated rings. The van der Waals surface area contributed by atoms with Gasteiger partial charge in [0.15, 0.2) is 0 Å². The highest BCUT2D eigenvalue weighted by molar-refractivity contribution is 5.39. The largest absolute Gasteiger partial charge is 0.396 e. The summed E-state index contributed by atoms with van der Waals surface area (Å²) in [6.45, 7) is 8.38. The number of anilines is 1. The lowest BCUT2D eigenvalue weighted by molar-refractivity contribution is 0.252. The van der Waals surface area contributed by atoms with Crippen molar-refractivity contribution in [2.75, 3.05) is 11.9 Å². The molecule has 4 heteroatoms. The summed E-state index contributed by atoms with van der Waals surface area (Å²) in [7, 11) is 0. The Kier molecular flexibility index (Phi) is 4.87. The maximum Gasteiger partial charge on any atom is 0.130 e. The van der Waals surface area contributed by atoms with Crippen molar-refractivity contribution in [3.63, 3.8) is 0 Å². The molecule has 0 bridgehead atoms. The van der Waals surface area contributed by atoms with Crippen LogP contribution in [0.5, 0.6) is 0 Å². The minimum absolute atomic E-state index is 0.111. The van der Waals surface area contributed by atoms with Gasteiger partial charge >= 0.3 is 0 Å². The summed E-state index contributed by atoms with van der Waals surface area (Å²) in [5.41, 5.74) is 0.933. The van der Waals surface area contributed by atoms with Gasteiger partial charge in [0.05, 0.1) is 0 Å². The van der Waals surface area contributed by atoms with E-state index in [1.165, 1.54) is 0 Å². The summed E-state index contributed by atoms with van der Waals surface area (Å²) >= 11 is 0. The number of hydrogen-bond acceptors (Lipinski definition) is 4. The number of aryl methyl sites for hydroxylation is 2. The van der Waals surface area contributed by atoms with Crippen LogP contribution in [0.25, 0.3) is 0 Å². The number of rotatable bonds is 6. The SMILES string of the molecule is CCc1cc(NC(C)(CC)CCO)nc(C)n1. The molecule has 2 N–H and O–H groups in total. The summed E-state index contributed by atoms with van der Waals surface area (Å²) < 4.78 is 0. The van der Waals surface area contributed by atoms with Gasteiger partial charge in [-0.15, -0.1) is 0 Å². The highest BCUT2D eigenvalue weighted by Crippen LogP contribution is 2.20. The quantitative estimate of drug-likeness (QED) is 0.797. The molecule has 1 rings (SSSR count). The monoisotopic (exact) mass is 237 g/mol. The number of nitrogens with one attached hydrogen (secondary N) is 1. The molecule has 1 heterocycles. The van der Waals surface area contributed by atoms with Crippen LogP contribution in [0.3, 0.4) is 0 Å². The Morgan fingerprint density at radius 1 is 1.35 bits per heavy atom. The fourth-order valence-corrected chi connectivity index (χ4v) is 1.76. The van der Waals surface area contributed by atoms with Gasteiger partial charge in [0.1, 0.15) is 11.6 Å². The molecule has 1 aromatic heterocycles. The van der Waals surface area contributed by atoms with Crippen molar-refractivity contribution in [2.24, 2.45) is 0 Å². The van der Waals surface area contributed by atoms with Crippen molar-refractivity contribution in [2.45, 2.75) is 52.5 Å². The molecule has 1 unspecified atom stereocenters. The Labute approximate surface area is 103 Å². The molecule has 0 aliphatic carbocycles. The van der Waals surface area contributed by atoms with Crippen molar-refractivity contribution < 1.29 is 5.11 Å². The zero-order valence-electron chi connectivity index (χ0n) is 11.2. The maximum atomic E-state index is 9.09. The van der Waals surface area contributed by atoms with Crippen LogP contribution in [-0.2, 0) is 6.42 Å². The molecule has 0 saturated carbocycles. The number of aromatic nitrogens is 2. The maximum absolute atomic E-state index is 9.09. The Balaban J connectivity index is 2.89. The number of nitrogens with zero attached hydrogens (tertiary/aromatic N) is 2. The highest BCUT2D eigenvalue weighted by atomic mass is 16.3. The summed E-state index contributed by atoms with van der Waals surface area (Å²) in [4.78, 5) is 8.75. The Bertz CT molecular complexity index is 368. The normalized spacial score (nSPS) is 14.4. The first-order valence-corrected chi connectivity index (χ1v) is 6.26. The molecule has 1 atom stereocenters. The average molecular weight is 237 g/mol. The van der Waals surface area contributed by atoms with Crippen LogP contribution < -0.4 is 5.32 Å². The Morgan fingerprint density at radius 2 is 2.06 bits per heavy atom. The van der Waals surface area contributed by atoms with Crippen molar-refractivity contribution in [1.29, 1.82) is 0 Å². The fourth-order valence-electron chi connectivity index (χ4n) is 1.76. The number of aliphatic hydroxyl groups excluding tert-OH is 1. The smallest absolute Gasteiger partial charge is 0.130 e. The first-order valence-electron chi connectivity index (χ1n) is 6.26. The molecule has 0 aromatic carbocycles. The van der Waals surface area contributed by atoms with E-state index in [9.17, 15) is 0 Å². The second-order valence-electron chi connectivity index (χ2n) is 4.66. The standard InChI is InChI=1S/C13H23N3O/c1-5-11-9-12(15-10(3)14-11)16-13(4,6-2)7-8-17/h9,17H,5-8H2,1-4H3,(H,14,15,16). The molecule has 96 valence electrons. The highest BCUT2D eigenvalue weighted by Gasteiger charge is 2.21. The van der Waals surface area contributed by atoms with Gasteiger partial charge in [0.2, 0.25) is 0 Å². The van der Waals surface area contributed by atoms with Crippen LogP contribution >= 0.6 is 0 Å². The summed E-state index contributed by atoms with van der Waals surface area (Å²) in [6, 6.07) is 1.98. The Hall–Kier alpha value is -1.16. The van der Waals surface area contributed by atoms with E-state index in [0.29, 0.717) is 6.42 Å². The van der Waals surface area contributed by atoms with Gasteiger partial charge in [-0.05, 0) is 33.1 Å². The summed E-state index contributed by atoms with van der Waals surface area (Å²) in [5.74, 6) is 1.64. The molecule has 0 aliphatic heterocycles. The third-order valence-electron chi connectivity index (χ3n) is 3.13. The topological polar surface area (TPSA) is 58.0 Å². The van der Waals surface area contributed by atoms with Gasteiger partial charge in [0, 0.05) is 23.9 Å². The molecule has 0 spiro atoms. The lowest BCUT2D eigenvalue weighted by Crippen LogP contribution is -2.35. The Morgan fingerprint density at radius 3 is 2.59 bits per heavy atom. The van der Waals surface area contributed by atoms with Crippen molar-refractivity contribution >= 4 is 5.82 Å². The lowest BCUT2D eigenvalue weighted by Gasteiger charge is -2.29. The van der Waals surface area contributed by atoms with Crippen LogP contribution in [0, 0.1) is 6.92 Å². The van der Waals surface area contributed by atoms with E-state index in [-0.39, 0.29) is 12.1 Å². The molecule has 1 aromatic rings. The van der Waals surface area contributed by atoms with Crippen LogP contribution in [0.4, 0.5) is 5.82 Å². The van der Waals surface area contributed by atoms with Crippen molar-refractivity contribution in [3.8, 4) is 0 Å². The van der Waals surface area contributed by atoms with Gasteiger partial charge < -0.3 is 10.4 Å². The van der Waals surface area contributed by atoms with E-state index >= 15 is 0 Å². The van der Waals surface area contributed by atoms with Crippen LogP contribution in [0.1, 0.15) is 45.1 Å². The van der Waals surface area contributed by atoms with Crippen molar-refractivity contribution in [3.05, 3.63) is 17.6 Å². The molecule has 4 nitrogen and oxygen atoms in total. The van der Waals surface area contributed by atoms with Crippen LogP contribution in [-0.4, -0.2) is 27.2 Å². The van der Waals surface area contributed by atoms with Gasteiger partial charge in [-0.2, -0.15) is 0 Å². The van der Waals surface area contributed by atoms with E-state index in [4.69, 9.17) is 5.11 Å². The predicted molar refractivity (Wildman–Crippen MR) is 70.2 cm³/mol. The molecule has 0 aliphatic rings. The molecule has 0 saturated heterocycles. The summed E-state index contributed by atoms with van der Waals surface area (Å²) in [6.07, 6.45) is 2.56. The third kappa shape index (κ3) is 3.97. The molecule has 0 radical (unpaired) electrons. The molecule has 0 amide bonds. The van der Waals surface area contributed by atoms with Crippen LogP contribution in [0.15, 0.2) is 6.07 Å². The second-order valence-corrected chi connectivity index (χ2v) is 4.66. The number of hydrogen-bond donors (Lipinski definition) is 2. The first-order chi connectivity index (χ1) is 8.03. The minimum atomic E-state index is -0.111. The van der Waals surface area contributed by atoms with Gasteiger partial charge in [-0.3, -0.25) is 0 Å². The zero-order valence-corrected chi connectivity index (χ0v) is 11.2. The van der Waals surface area contributed by atoms with E-state index < -0.39 is 0 Å². The third-order valence-corrected chi connectivity index (χ3v) is 3.13. The molecule has 17 heavy (non-hydrogen) atoms. The van der Waals surface area contributed by atoms with Crippen molar-refractivity contribution in [1.82, 2.24) is 9.97 Å². The van der Waals surface area contributed by atoms with Crippen LogP contribution in [0.2, 0.25) is 0 Å². The van der Waals surface area contributed by atoms with E-state index in [1.807, 2.05) is 13.0 Å². The molecular weight excluding hydrogens is 214 g/mol. The van der Waals surface area contributed by atoms with Gasteiger partial charge in [0.25, 0.3) is 0 Å². The summed E-state index contributed by atoms with van der Waals surface area (Å²) in [5, 5.41) is 12.5. The van der Waals surface area contributed by atoms with Gasteiger partial charge in [-0.1, -0.05) is 13.8 Å². The minimum Gasteiger partial charge on any atom is -0.396 e. The number of aliphatic hydroxyl groups is 1. The van der Waals surface area contributed by atoms with E-state index in [1.54, 1.807) is 0 Å². The van der Waals surface area contributed by atoms with E-state index in [2.05, 4.69) is 36.1 Å². The zero-order chi connectivity index (χ0) is 12.9. The molecular formula is C13H23N3O. The fraction of sp³-hybridized carbons (Fsp3) is 0.692. The average Bonchev–Trinajstić information content (AvgIpc) is 2.28.